The van der Waals surface area contributed by atoms with Crippen LogP contribution in [0.3, 0.4) is 0 Å². The summed E-state index contributed by atoms with van der Waals surface area (Å²) in [5.41, 5.74) is 0. The third kappa shape index (κ3) is 5.63. The normalized spacial score (nSPS) is 12.9. The minimum absolute atomic E-state index is 0.996. The Kier molecular flexibility index (Phi) is 6.83. The van der Waals surface area contributed by atoms with Crippen LogP contribution in [0, 0.1) is 0 Å². The predicted octanol–water partition coefficient (Wildman–Crippen LogP) is 3.10. The molecule has 0 amide bonds. The van der Waals surface area contributed by atoms with Crippen LogP contribution in [-0.4, -0.2) is 40.1 Å². The molecule has 0 N–H and O–H groups in total. The molecule has 3 nitrogen and oxygen atoms in total. The molecular weight excluding hydrogens is 300 g/mol. The molecule has 1 radical (unpaired) electrons. The van der Waals surface area contributed by atoms with Gasteiger partial charge in [0.05, 0.1) is 0 Å². The average molecular weight is 328 g/mol. The second kappa shape index (κ2) is 7.67. The van der Waals surface area contributed by atoms with Gasteiger partial charge < -0.3 is 13.0 Å². The summed E-state index contributed by atoms with van der Waals surface area (Å²) in [4.78, 5) is 0. The molecule has 113 valence electrons. The Hall–Kier alpha value is -0.249. The Morgan fingerprint density at radius 2 is 1.50 bits per heavy atom. The maximum absolute atomic E-state index is 6.63. The molecule has 20 heavy (non-hydrogen) atoms. The molecule has 1 aromatic carbocycles. The first-order valence-electron chi connectivity index (χ1n) is 7.00. The Balaban J connectivity index is 2.65. The smallest absolute Gasteiger partial charge is 0.383 e. The SMILES string of the molecule is CO[Si](CC[Si](C)(C)O[Si](C)(C)c1ccccc1)OC. The molecule has 0 aliphatic heterocycles. The van der Waals surface area contributed by atoms with Gasteiger partial charge in [-0.3, -0.25) is 0 Å². The molecule has 0 atom stereocenters. The lowest BCUT2D eigenvalue weighted by Crippen LogP contribution is -2.52. The van der Waals surface area contributed by atoms with Gasteiger partial charge in [-0.1, -0.05) is 30.3 Å². The third-order valence-corrected chi connectivity index (χ3v) is 12.9. The number of rotatable bonds is 8. The van der Waals surface area contributed by atoms with Gasteiger partial charge in [0.1, 0.15) is 0 Å². The van der Waals surface area contributed by atoms with Crippen molar-refractivity contribution in [3.8, 4) is 0 Å². The first kappa shape index (κ1) is 17.8. The van der Waals surface area contributed by atoms with Crippen molar-refractivity contribution in [1.82, 2.24) is 0 Å². The van der Waals surface area contributed by atoms with E-state index in [0.717, 1.165) is 12.1 Å². The minimum atomic E-state index is -1.82. The van der Waals surface area contributed by atoms with Gasteiger partial charge >= 0.3 is 9.28 Å². The summed E-state index contributed by atoms with van der Waals surface area (Å²) in [5, 5.41) is 1.37. The van der Waals surface area contributed by atoms with Gasteiger partial charge in [-0.05, 0) is 43.5 Å². The van der Waals surface area contributed by atoms with Crippen molar-refractivity contribution in [2.45, 2.75) is 38.3 Å². The van der Waals surface area contributed by atoms with E-state index in [0.29, 0.717) is 0 Å². The molecule has 1 rings (SSSR count). The molecule has 0 aliphatic rings. The summed E-state index contributed by atoms with van der Waals surface area (Å²) >= 11 is 0. The zero-order valence-corrected chi connectivity index (χ0v) is 16.5. The van der Waals surface area contributed by atoms with Gasteiger partial charge in [-0.15, -0.1) is 0 Å². The van der Waals surface area contributed by atoms with Crippen LogP contribution in [0.1, 0.15) is 0 Å². The first-order valence-corrected chi connectivity index (χ1v) is 14.5. The Labute approximate surface area is 127 Å². The average Bonchev–Trinajstić information content (AvgIpc) is 2.39. The fraction of sp³-hybridized carbons (Fsp3) is 0.571. The molecule has 0 aliphatic carbocycles. The number of benzene rings is 1. The third-order valence-electron chi connectivity index (χ3n) is 3.39. The Morgan fingerprint density at radius 1 is 0.950 bits per heavy atom. The fourth-order valence-electron chi connectivity index (χ4n) is 2.33. The fourth-order valence-corrected chi connectivity index (χ4v) is 13.5. The lowest BCUT2D eigenvalue weighted by molar-refractivity contribution is 0.278. The van der Waals surface area contributed by atoms with Crippen LogP contribution in [0.25, 0.3) is 0 Å². The standard InChI is InChI=1S/C14H27O3Si3/c1-15-18(16-2)12-13-19(3,4)17-20(5,6)14-10-8-7-9-11-14/h7-11H,12-13H2,1-6H3. The molecular formula is C14H27O3Si3. The summed E-state index contributed by atoms with van der Waals surface area (Å²) in [5.74, 6) is 0. The molecule has 0 saturated carbocycles. The van der Waals surface area contributed by atoms with Crippen molar-refractivity contribution >= 4 is 31.1 Å². The van der Waals surface area contributed by atoms with Crippen LogP contribution in [0.5, 0.6) is 0 Å². The van der Waals surface area contributed by atoms with Gasteiger partial charge in [0, 0.05) is 14.2 Å². The van der Waals surface area contributed by atoms with Crippen molar-refractivity contribution in [2.24, 2.45) is 0 Å². The molecule has 0 fully saturated rings. The van der Waals surface area contributed by atoms with E-state index in [9.17, 15) is 0 Å². The van der Waals surface area contributed by atoms with E-state index < -0.39 is 25.9 Å². The predicted molar refractivity (Wildman–Crippen MR) is 91.5 cm³/mol. The molecule has 0 spiro atoms. The van der Waals surface area contributed by atoms with Gasteiger partial charge in [0.15, 0.2) is 8.32 Å². The largest absolute Gasteiger partial charge is 0.452 e. The summed E-state index contributed by atoms with van der Waals surface area (Å²) in [7, 11) is -1.15. The second-order valence-electron chi connectivity index (χ2n) is 6.02. The monoisotopic (exact) mass is 327 g/mol. The van der Waals surface area contributed by atoms with Crippen molar-refractivity contribution in [2.75, 3.05) is 14.2 Å². The zero-order valence-electron chi connectivity index (χ0n) is 13.5. The van der Waals surface area contributed by atoms with Crippen LogP contribution in [-0.2, 0) is 13.0 Å². The van der Waals surface area contributed by atoms with Crippen molar-refractivity contribution in [3.63, 3.8) is 0 Å². The summed E-state index contributed by atoms with van der Waals surface area (Å²) in [6.45, 7) is 9.18. The molecule has 0 unspecified atom stereocenters. The van der Waals surface area contributed by atoms with Gasteiger partial charge in [0.25, 0.3) is 0 Å². The summed E-state index contributed by atoms with van der Waals surface area (Å²) < 4.78 is 17.4. The van der Waals surface area contributed by atoms with Gasteiger partial charge in [-0.2, -0.15) is 0 Å². The number of hydrogen-bond donors (Lipinski definition) is 0. The van der Waals surface area contributed by atoms with E-state index in [1.54, 1.807) is 14.2 Å². The quantitative estimate of drug-likeness (QED) is 0.687. The van der Waals surface area contributed by atoms with E-state index >= 15 is 0 Å². The lowest BCUT2D eigenvalue weighted by Gasteiger charge is -2.34. The highest BCUT2D eigenvalue weighted by molar-refractivity contribution is 6.92. The Morgan fingerprint density at radius 3 is 2.00 bits per heavy atom. The molecule has 0 aromatic heterocycles. The topological polar surface area (TPSA) is 27.7 Å². The molecule has 0 bridgehead atoms. The maximum atomic E-state index is 6.63. The van der Waals surface area contributed by atoms with Crippen LogP contribution in [0.2, 0.25) is 38.3 Å². The van der Waals surface area contributed by atoms with E-state index in [4.69, 9.17) is 13.0 Å². The van der Waals surface area contributed by atoms with E-state index in [1.807, 2.05) is 0 Å². The highest BCUT2D eigenvalue weighted by atomic mass is 28.4. The highest BCUT2D eigenvalue weighted by Gasteiger charge is 2.35. The number of hydrogen-bond acceptors (Lipinski definition) is 3. The van der Waals surface area contributed by atoms with Crippen LogP contribution in [0.4, 0.5) is 0 Å². The Bertz CT molecular complexity index is 392. The zero-order chi connectivity index (χ0) is 15.2. The minimum Gasteiger partial charge on any atom is -0.452 e. The van der Waals surface area contributed by atoms with Crippen LogP contribution < -0.4 is 5.19 Å². The molecule has 0 heterocycles. The van der Waals surface area contributed by atoms with Gasteiger partial charge in [-0.25, -0.2) is 0 Å². The highest BCUT2D eigenvalue weighted by Crippen LogP contribution is 2.21. The maximum Gasteiger partial charge on any atom is 0.383 e. The van der Waals surface area contributed by atoms with Crippen LogP contribution >= 0.6 is 0 Å². The van der Waals surface area contributed by atoms with E-state index in [-0.39, 0.29) is 0 Å². The molecule has 6 heteroatoms. The first-order chi connectivity index (χ1) is 9.30. The molecule has 0 saturated heterocycles. The summed E-state index contributed by atoms with van der Waals surface area (Å²) in [6, 6.07) is 12.7. The van der Waals surface area contributed by atoms with Crippen molar-refractivity contribution in [1.29, 1.82) is 0 Å². The molecule has 1 aromatic rings. The van der Waals surface area contributed by atoms with E-state index in [1.165, 1.54) is 5.19 Å². The lowest BCUT2D eigenvalue weighted by atomic mass is 10.4. The summed E-state index contributed by atoms with van der Waals surface area (Å²) in [6.07, 6.45) is 0. The van der Waals surface area contributed by atoms with Crippen molar-refractivity contribution in [3.05, 3.63) is 30.3 Å². The van der Waals surface area contributed by atoms with Gasteiger partial charge in [0.2, 0.25) is 8.32 Å². The second-order valence-corrected chi connectivity index (χ2v) is 16.5. The van der Waals surface area contributed by atoms with E-state index in [2.05, 4.69) is 56.5 Å². The van der Waals surface area contributed by atoms with Crippen LogP contribution in [0.15, 0.2) is 30.3 Å². The van der Waals surface area contributed by atoms with Crippen molar-refractivity contribution < 1.29 is 13.0 Å².